The lowest BCUT2D eigenvalue weighted by molar-refractivity contribution is -0.00122. The van der Waals surface area contributed by atoms with Crippen molar-refractivity contribution in [3.63, 3.8) is 0 Å². The monoisotopic (exact) mass is 419 g/mol. The standard InChI is InChI=1S/C22H25N7O2/c1-13-8-20(25-14(2)24-13)26-21-10-17-9-15(6-7-29(17)27-21)22-19(11-23-28(22)3)31-12-16-4-5-18(16)30/h6-11,16,18,30H,4-5,12H2,1-3H3,(H,24,25,26,27)/t16-,18-/m0/s1. The summed E-state index contributed by atoms with van der Waals surface area (Å²) >= 11 is 0. The van der Waals surface area contributed by atoms with Gasteiger partial charge in [0.1, 0.15) is 17.3 Å². The Kier molecular flexibility index (Phi) is 4.82. The number of rotatable bonds is 6. The van der Waals surface area contributed by atoms with E-state index in [9.17, 15) is 5.11 Å². The molecule has 9 nitrogen and oxygen atoms in total. The Labute approximate surface area is 179 Å². The number of nitrogens with zero attached hydrogens (tertiary/aromatic N) is 6. The van der Waals surface area contributed by atoms with Gasteiger partial charge < -0.3 is 15.2 Å². The first-order chi connectivity index (χ1) is 15.0. The summed E-state index contributed by atoms with van der Waals surface area (Å²) in [7, 11) is 1.90. The van der Waals surface area contributed by atoms with Gasteiger partial charge in [-0.05, 0) is 38.8 Å². The predicted octanol–water partition coefficient (Wildman–Crippen LogP) is 3.03. The number of aliphatic hydroxyl groups excluding tert-OH is 1. The SMILES string of the molecule is Cc1cc(Nc2cc3cc(-c4c(OC[C@@H]5CC[C@@H]5O)cnn4C)ccn3n2)nc(C)n1. The number of anilines is 2. The van der Waals surface area contributed by atoms with Gasteiger partial charge >= 0.3 is 0 Å². The average molecular weight is 419 g/mol. The fraction of sp³-hybridized carbons (Fsp3) is 0.364. The van der Waals surface area contributed by atoms with Crippen LogP contribution >= 0.6 is 0 Å². The first-order valence-corrected chi connectivity index (χ1v) is 10.4. The van der Waals surface area contributed by atoms with Gasteiger partial charge in [-0.2, -0.15) is 10.2 Å². The molecule has 1 aliphatic carbocycles. The molecule has 31 heavy (non-hydrogen) atoms. The van der Waals surface area contributed by atoms with Crippen LogP contribution in [0.3, 0.4) is 0 Å². The van der Waals surface area contributed by atoms with Crippen LogP contribution in [-0.2, 0) is 7.05 Å². The normalized spacial score (nSPS) is 18.2. The largest absolute Gasteiger partial charge is 0.489 e. The first kappa shape index (κ1) is 19.5. The minimum atomic E-state index is -0.253. The van der Waals surface area contributed by atoms with Crippen LogP contribution in [0.15, 0.2) is 36.7 Å². The number of nitrogens with one attached hydrogen (secondary N) is 1. The molecule has 160 valence electrons. The number of hydrogen-bond donors (Lipinski definition) is 2. The van der Waals surface area contributed by atoms with E-state index in [0.29, 0.717) is 24.1 Å². The number of hydrogen-bond acceptors (Lipinski definition) is 7. The van der Waals surface area contributed by atoms with Crippen molar-refractivity contribution in [3.05, 3.63) is 48.2 Å². The summed E-state index contributed by atoms with van der Waals surface area (Å²) < 4.78 is 9.63. The van der Waals surface area contributed by atoms with Gasteiger partial charge in [0, 0.05) is 42.6 Å². The van der Waals surface area contributed by atoms with E-state index in [1.807, 2.05) is 49.8 Å². The zero-order valence-electron chi connectivity index (χ0n) is 17.8. The Morgan fingerprint density at radius 3 is 2.77 bits per heavy atom. The van der Waals surface area contributed by atoms with E-state index in [1.54, 1.807) is 10.9 Å². The van der Waals surface area contributed by atoms with Crippen molar-refractivity contribution < 1.29 is 9.84 Å². The Morgan fingerprint density at radius 2 is 2.03 bits per heavy atom. The van der Waals surface area contributed by atoms with Crippen LogP contribution in [0.5, 0.6) is 5.75 Å². The van der Waals surface area contributed by atoms with Crippen molar-refractivity contribution in [2.75, 3.05) is 11.9 Å². The molecule has 1 saturated carbocycles. The zero-order chi connectivity index (χ0) is 21.5. The molecule has 0 spiro atoms. The fourth-order valence-corrected chi connectivity index (χ4v) is 3.91. The second-order valence-electron chi connectivity index (χ2n) is 8.08. The first-order valence-electron chi connectivity index (χ1n) is 10.4. The minimum Gasteiger partial charge on any atom is -0.489 e. The molecular formula is C22H25N7O2. The summed E-state index contributed by atoms with van der Waals surface area (Å²) in [6.45, 7) is 4.31. The van der Waals surface area contributed by atoms with Crippen molar-refractivity contribution in [1.82, 2.24) is 29.4 Å². The minimum absolute atomic E-state index is 0.202. The van der Waals surface area contributed by atoms with E-state index in [1.165, 1.54) is 0 Å². The van der Waals surface area contributed by atoms with Crippen LogP contribution in [0.25, 0.3) is 16.8 Å². The zero-order valence-corrected chi connectivity index (χ0v) is 17.8. The van der Waals surface area contributed by atoms with Gasteiger partial charge in [-0.25, -0.2) is 14.5 Å². The second-order valence-corrected chi connectivity index (χ2v) is 8.08. The van der Waals surface area contributed by atoms with Crippen LogP contribution in [0.1, 0.15) is 24.4 Å². The highest BCUT2D eigenvalue weighted by Gasteiger charge is 2.29. The molecule has 1 aliphatic rings. The molecule has 1 fully saturated rings. The molecule has 4 aromatic heterocycles. The van der Waals surface area contributed by atoms with Crippen molar-refractivity contribution in [1.29, 1.82) is 0 Å². The van der Waals surface area contributed by atoms with Gasteiger partial charge in [-0.3, -0.25) is 4.68 Å². The Bertz CT molecular complexity index is 1230. The Morgan fingerprint density at radius 1 is 1.16 bits per heavy atom. The summed E-state index contributed by atoms with van der Waals surface area (Å²) in [5.41, 5.74) is 3.72. The van der Waals surface area contributed by atoms with Crippen molar-refractivity contribution in [2.45, 2.75) is 32.8 Å². The van der Waals surface area contributed by atoms with Gasteiger partial charge in [0.25, 0.3) is 0 Å². The molecule has 0 aliphatic heterocycles. The van der Waals surface area contributed by atoms with E-state index in [0.717, 1.165) is 41.1 Å². The summed E-state index contributed by atoms with van der Waals surface area (Å²) in [4.78, 5) is 8.72. The lowest BCUT2D eigenvalue weighted by atomic mass is 9.83. The highest BCUT2D eigenvalue weighted by Crippen LogP contribution is 2.33. The molecule has 9 heteroatoms. The third-order valence-electron chi connectivity index (χ3n) is 5.69. The molecule has 4 heterocycles. The maximum absolute atomic E-state index is 9.81. The summed E-state index contributed by atoms with van der Waals surface area (Å²) in [6, 6.07) is 7.90. The van der Waals surface area contributed by atoms with E-state index < -0.39 is 0 Å². The fourth-order valence-electron chi connectivity index (χ4n) is 3.91. The second kappa shape index (κ2) is 7.66. The summed E-state index contributed by atoms with van der Waals surface area (Å²) in [5, 5.41) is 22.0. The van der Waals surface area contributed by atoms with E-state index in [2.05, 4.69) is 31.5 Å². The van der Waals surface area contributed by atoms with Crippen LogP contribution in [0.2, 0.25) is 0 Å². The lowest BCUT2D eigenvalue weighted by Gasteiger charge is -2.31. The number of aryl methyl sites for hydroxylation is 3. The number of aliphatic hydroxyl groups is 1. The van der Waals surface area contributed by atoms with E-state index in [4.69, 9.17) is 4.74 Å². The van der Waals surface area contributed by atoms with E-state index in [-0.39, 0.29) is 12.0 Å². The third kappa shape index (κ3) is 3.84. The van der Waals surface area contributed by atoms with Crippen LogP contribution in [0.4, 0.5) is 11.6 Å². The smallest absolute Gasteiger partial charge is 0.165 e. The maximum Gasteiger partial charge on any atom is 0.165 e. The maximum atomic E-state index is 9.81. The van der Waals surface area contributed by atoms with Crippen molar-refractivity contribution >= 4 is 17.2 Å². The van der Waals surface area contributed by atoms with Crippen molar-refractivity contribution in [3.8, 4) is 17.0 Å². The topological polar surface area (TPSA) is 102 Å². The average Bonchev–Trinajstić information content (AvgIpc) is 3.28. The molecule has 5 rings (SSSR count). The summed E-state index contributed by atoms with van der Waals surface area (Å²) in [5.74, 6) is 3.06. The van der Waals surface area contributed by atoms with Gasteiger partial charge in [0.05, 0.1) is 24.4 Å². The molecule has 0 unspecified atom stereocenters. The quantitative estimate of drug-likeness (QED) is 0.495. The number of ether oxygens (including phenoxy) is 1. The van der Waals surface area contributed by atoms with Gasteiger partial charge in [-0.15, -0.1) is 0 Å². The van der Waals surface area contributed by atoms with Gasteiger partial charge in [-0.1, -0.05) is 0 Å². The van der Waals surface area contributed by atoms with E-state index >= 15 is 0 Å². The molecule has 0 amide bonds. The van der Waals surface area contributed by atoms with Gasteiger partial charge in [0.15, 0.2) is 11.6 Å². The van der Waals surface area contributed by atoms with Crippen LogP contribution in [0, 0.1) is 19.8 Å². The molecule has 0 saturated heterocycles. The Hall–Kier alpha value is -3.46. The van der Waals surface area contributed by atoms with Crippen LogP contribution < -0.4 is 10.1 Å². The molecular weight excluding hydrogens is 394 g/mol. The Balaban J connectivity index is 1.41. The van der Waals surface area contributed by atoms with Crippen LogP contribution in [-0.4, -0.2) is 47.2 Å². The lowest BCUT2D eigenvalue weighted by Crippen LogP contribution is -2.35. The molecule has 0 aromatic carbocycles. The summed E-state index contributed by atoms with van der Waals surface area (Å²) in [6.07, 6.45) is 5.25. The number of pyridine rings is 1. The molecule has 0 bridgehead atoms. The number of aromatic nitrogens is 6. The molecule has 2 N–H and O–H groups in total. The highest BCUT2D eigenvalue weighted by molar-refractivity contribution is 5.72. The third-order valence-corrected chi connectivity index (χ3v) is 5.69. The van der Waals surface area contributed by atoms with Gasteiger partial charge in [0.2, 0.25) is 0 Å². The highest BCUT2D eigenvalue weighted by atomic mass is 16.5. The molecule has 2 atom stereocenters. The predicted molar refractivity (Wildman–Crippen MR) is 116 cm³/mol. The molecule has 0 radical (unpaired) electrons. The number of fused-ring (bicyclic) bond motifs is 1. The van der Waals surface area contributed by atoms with Crippen molar-refractivity contribution in [2.24, 2.45) is 13.0 Å². The molecule has 4 aromatic rings.